The summed E-state index contributed by atoms with van der Waals surface area (Å²) >= 11 is 0. The standard InChI is InChI=1S/C18H20FNO3S/c1-3-13(2)12-24(22,23)17-6-4-5-14(11-17)18(21)20-16-9-7-15(19)8-10-16/h4-11,13H,3,12H2,1-2H3,(H,20,21)/t13-/m0/s1. The van der Waals surface area contributed by atoms with E-state index in [9.17, 15) is 17.6 Å². The molecule has 0 aliphatic heterocycles. The Bertz CT molecular complexity index is 816. The highest BCUT2D eigenvalue weighted by Gasteiger charge is 2.19. The molecule has 0 unspecified atom stereocenters. The van der Waals surface area contributed by atoms with Crippen LogP contribution in [-0.4, -0.2) is 20.1 Å². The molecule has 128 valence electrons. The van der Waals surface area contributed by atoms with Crippen LogP contribution in [0.25, 0.3) is 0 Å². The Hall–Kier alpha value is -2.21. The summed E-state index contributed by atoms with van der Waals surface area (Å²) in [6.07, 6.45) is 0.768. The minimum Gasteiger partial charge on any atom is -0.322 e. The summed E-state index contributed by atoms with van der Waals surface area (Å²) < 4.78 is 37.7. The van der Waals surface area contributed by atoms with E-state index in [4.69, 9.17) is 0 Å². The van der Waals surface area contributed by atoms with Crippen LogP contribution in [0.3, 0.4) is 0 Å². The number of anilines is 1. The van der Waals surface area contributed by atoms with Gasteiger partial charge in [-0.1, -0.05) is 26.3 Å². The molecular formula is C18H20FNO3S. The van der Waals surface area contributed by atoms with E-state index in [-0.39, 0.29) is 22.1 Å². The van der Waals surface area contributed by atoms with Crippen LogP contribution in [0.1, 0.15) is 30.6 Å². The van der Waals surface area contributed by atoms with Crippen molar-refractivity contribution in [2.24, 2.45) is 5.92 Å². The van der Waals surface area contributed by atoms with E-state index in [1.807, 2.05) is 13.8 Å². The van der Waals surface area contributed by atoms with Gasteiger partial charge in [0.1, 0.15) is 5.82 Å². The van der Waals surface area contributed by atoms with Gasteiger partial charge in [-0.3, -0.25) is 4.79 Å². The van der Waals surface area contributed by atoms with Crippen molar-refractivity contribution in [3.05, 3.63) is 59.9 Å². The number of carbonyl (C=O) groups excluding carboxylic acids is 1. The van der Waals surface area contributed by atoms with Crippen LogP contribution in [0, 0.1) is 11.7 Å². The second kappa shape index (κ2) is 7.57. The van der Waals surface area contributed by atoms with E-state index in [0.717, 1.165) is 6.42 Å². The lowest BCUT2D eigenvalue weighted by molar-refractivity contribution is 0.102. The first-order valence-electron chi connectivity index (χ1n) is 7.71. The van der Waals surface area contributed by atoms with Gasteiger partial charge in [-0.15, -0.1) is 0 Å². The molecule has 0 heterocycles. The highest BCUT2D eigenvalue weighted by atomic mass is 32.2. The largest absolute Gasteiger partial charge is 0.322 e. The van der Waals surface area contributed by atoms with Gasteiger partial charge in [-0.2, -0.15) is 0 Å². The van der Waals surface area contributed by atoms with Crippen molar-refractivity contribution in [2.45, 2.75) is 25.2 Å². The molecule has 4 nitrogen and oxygen atoms in total. The molecule has 0 spiro atoms. The van der Waals surface area contributed by atoms with Gasteiger partial charge in [0, 0.05) is 11.3 Å². The SMILES string of the molecule is CC[C@H](C)CS(=O)(=O)c1cccc(C(=O)Nc2ccc(F)cc2)c1. The molecule has 0 bridgehead atoms. The lowest BCUT2D eigenvalue weighted by Gasteiger charge is -2.11. The van der Waals surface area contributed by atoms with Crippen LogP contribution in [0.5, 0.6) is 0 Å². The molecule has 6 heteroatoms. The Morgan fingerprint density at radius 3 is 2.46 bits per heavy atom. The minimum atomic E-state index is -3.44. The third-order valence-corrected chi connectivity index (χ3v) is 5.74. The van der Waals surface area contributed by atoms with Gasteiger partial charge in [0.05, 0.1) is 10.6 Å². The van der Waals surface area contributed by atoms with Crippen LogP contribution < -0.4 is 5.32 Å². The zero-order valence-corrected chi connectivity index (χ0v) is 14.4. The Balaban J connectivity index is 2.20. The van der Waals surface area contributed by atoms with E-state index in [1.54, 1.807) is 12.1 Å². The van der Waals surface area contributed by atoms with E-state index in [2.05, 4.69) is 5.32 Å². The highest BCUT2D eigenvalue weighted by Crippen LogP contribution is 2.18. The highest BCUT2D eigenvalue weighted by molar-refractivity contribution is 7.91. The van der Waals surface area contributed by atoms with Crippen molar-refractivity contribution in [1.82, 2.24) is 0 Å². The molecule has 2 rings (SSSR count). The topological polar surface area (TPSA) is 63.2 Å². The summed E-state index contributed by atoms with van der Waals surface area (Å²) in [6.45, 7) is 3.81. The average molecular weight is 349 g/mol. The second-order valence-corrected chi connectivity index (χ2v) is 7.82. The van der Waals surface area contributed by atoms with Crippen LogP contribution in [0.4, 0.5) is 10.1 Å². The average Bonchev–Trinajstić information content (AvgIpc) is 2.56. The molecule has 2 aromatic carbocycles. The van der Waals surface area contributed by atoms with Gasteiger partial charge in [-0.05, 0) is 48.4 Å². The predicted molar refractivity (Wildman–Crippen MR) is 92.3 cm³/mol. The number of sulfone groups is 1. The zero-order valence-electron chi connectivity index (χ0n) is 13.6. The van der Waals surface area contributed by atoms with E-state index in [0.29, 0.717) is 5.69 Å². The quantitative estimate of drug-likeness (QED) is 0.860. The Labute approximate surface area is 141 Å². The fourth-order valence-electron chi connectivity index (χ4n) is 2.16. The Kier molecular flexibility index (Phi) is 5.72. The van der Waals surface area contributed by atoms with Crippen molar-refractivity contribution in [1.29, 1.82) is 0 Å². The molecule has 0 aliphatic rings. The molecule has 0 aromatic heterocycles. The number of hydrogen-bond donors (Lipinski definition) is 1. The van der Waals surface area contributed by atoms with Crippen molar-refractivity contribution in [3.63, 3.8) is 0 Å². The lowest BCUT2D eigenvalue weighted by Crippen LogP contribution is -2.16. The number of benzene rings is 2. The predicted octanol–water partition coefficient (Wildman–Crippen LogP) is 3.90. The maximum atomic E-state index is 12.9. The number of halogens is 1. The molecule has 24 heavy (non-hydrogen) atoms. The lowest BCUT2D eigenvalue weighted by atomic mass is 10.2. The maximum absolute atomic E-state index is 12.9. The molecule has 2 aromatic rings. The van der Waals surface area contributed by atoms with Crippen molar-refractivity contribution < 1.29 is 17.6 Å². The van der Waals surface area contributed by atoms with Gasteiger partial charge in [0.2, 0.25) is 0 Å². The maximum Gasteiger partial charge on any atom is 0.255 e. The van der Waals surface area contributed by atoms with Gasteiger partial charge in [0.15, 0.2) is 9.84 Å². The molecule has 0 saturated carbocycles. The van der Waals surface area contributed by atoms with E-state index < -0.39 is 21.6 Å². The van der Waals surface area contributed by atoms with Crippen LogP contribution in [-0.2, 0) is 9.84 Å². The third-order valence-electron chi connectivity index (χ3n) is 3.76. The van der Waals surface area contributed by atoms with E-state index >= 15 is 0 Å². The molecule has 0 aliphatic carbocycles. The molecule has 0 radical (unpaired) electrons. The Morgan fingerprint density at radius 1 is 1.17 bits per heavy atom. The van der Waals surface area contributed by atoms with E-state index in [1.165, 1.54) is 36.4 Å². The monoisotopic (exact) mass is 349 g/mol. The smallest absolute Gasteiger partial charge is 0.255 e. The van der Waals surface area contributed by atoms with Gasteiger partial charge >= 0.3 is 0 Å². The fraction of sp³-hybridized carbons (Fsp3) is 0.278. The third kappa shape index (κ3) is 4.64. The van der Waals surface area contributed by atoms with Crippen LogP contribution in [0.2, 0.25) is 0 Å². The Morgan fingerprint density at radius 2 is 1.83 bits per heavy atom. The summed E-state index contributed by atoms with van der Waals surface area (Å²) in [4.78, 5) is 12.4. The first kappa shape index (κ1) is 18.1. The first-order chi connectivity index (χ1) is 11.3. The van der Waals surface area contributed by atoms with Crippen LogP contribution in [0.15, 0.2) is 53.4 Å². The minimum absolute atomic E-state index is 0.0479. The van der Waals surface area contributed by atoms with Crippen molar-refractivity contribution >= 4 is 21.4 Å². The molecular weight excluding hydrogens is 329 g/mol. The summed E-state index contributed by atoms with van der Waals surface area (Å²) in [6, 6.07) is 11.3. The van der Waals surface area contributed by atoms with Gasteiger partial charge in [0.25, 0.3) is 5.91 Å². The zero-order chi connectivity index (χ0) is 17.7. The van der Waals surface area contributed by atoms with Crippen LogP contribution >= 0.6 is 0 Å². The van der Waals surface area contributed by atoms with Gasteiger partial charge in [-0.25, -0.2) is 12.8 Å². The summed E-state index contributed by atoms with van der Waals surface area (Å²) in [5.41, 5.74) is 0.679. The second-order valence-electron chi connectivity index (χ2n) is 5.78. The summed E-state index contributed by atoms with van der Waals surface area (Å²) in [5, 5.41) is 2.62. The number of amides is 1. The number of carbonyl (C=O) groups is 1. The molecule has 0 saturated heterocycles. The molecule has 1 atom stereocenters. The first-order valence-corrected chi connectivity index (χ1v) is 9.37. The summed E-state index contributed by atoms with van der Waals surface area (Å²) in [5.74, 6) is -0.743. The summed E-state index contributed by atoms with van der Waals surface area (Å²) in [7, 11) is -3.44. The number of hydrogen-bond acceptors (Lipinski definition) is 3. The normalized spacial score (nSPS) is 12.6. The fourth-order valence-corrected chi connectivity index (χ4v) is 3.93. The number of rotatable bonds is 6. The van der Waals surface area contributed by atoms with Crippen molar-refractivity contribution in [2.75, 3.05) is 11.1 Å². The van der Waals surface area contributed by atoms with Crippen molar-refractivity contribution in [3.8, 4) is 0 Å². The van der Waals surface area contributed by atoms with Gasteiger partial charge < -0.3 is 5.32 Å². The molecule has 1 N–H and O–H groups in total. The molecule has 1 amide bonds. The number of nitrogens with one attached hydrogen (secondary N) is 1. The molecule has 0 fully saturated rings.